The average Bonchev–Trinajstić information content (AvgIpc) is 3.34. The standard InChI is InChI=1S/C22H25N7O/c1-13(2)29-21-18(19(27-29)22(3,4)5)17(16(10-23)20(24)30-21)14-6-8-15(9-7-14)28-12-25-11-26-28/h6-9,11-13,17H,24H2,1-5H3. The lowest BCUT2D eigenvalue weighted by Gasteiger charge is -2.27. The van der Waals surface area contributed by atoms with Crippen molar-refractivity contribution in [2.24, 2.45) is 5.73 Å². The summed E-state index contributed by atoms with van der Waals surface area (Å²) in [5.74, 6) is 0.375. The lowest BCUT2D eigenvalue weighted by atomic mass is 9.79. The predicted molar refractivity (Wildman–Crippen MR) is 112 cm³/mol. The van der Waals surface area contributed by atoms with Crippen molar-refractivity contribution in [2.75, 3.05) is 0 Å². The van der Waals surface area contributed by atoms with Crippen LogP contribution in [-0.2, 0) is 5.41 Å². The third-order valence-corrected chi connectivity index (χ3v) is 5.18. The number of ether oxygens (including phenoxy) is 1. The van der Waals surface area contributed by atoms with Crippen molar-refractivity contribution in [2.45, 2.75) is 52.0 Å². The van der Waals surface area contributed by atoms with Gasteiger partial charge in [0.15, 0.2) is 0 Å². The van der Waals surface area contributed by atoms with E-state index in [1.165, 1.54) is 6.33 Å². The molecule has 8 heteroatoms. The minimum atomic E-state index is -0.356. The molecule has 0 saturated heterocycles. The molecule has 0 radical (unpaired) electrons. The zero-order chi connectivity index (χ0) is 21.6. The van der Waals surface area contributed by atoms with Crippen molar-refractivity contribution in [3.05, 3.63) is 65.2 Å². The molecule has 1 aliphatic heterocycles. The van der Waals surface area contributed by atoms with Crippen molar-refractivity contribution in [3.63, 3.8) is 0 Å². The Hall–Kier alpha value is -3.60. The Morgan fingerprint density at radius 2 is 1.90 bits per heavy atom. The Labute approximate surface area is 175 Å². The fourth-order valence-electron chi connectivity index (χ4n) is 3.76. The van der Waals surface area contributed by atoms with Gasteiger partial charge < -0.3 is 10.5 Å². The van der Waals surface area contributed by atoms with Gasteiger partial charge in [-0.2, -0.15) is 15.5 Å². The van der Waals surface area contributed by atoms with Crippen LogP contribution in [0.2, 0.25) is 0 Å². The summed E-state index contributed by atoms with van der Waals surface area (Å²) in [6.07, 6.45) is 3.14. The normalized spacial score (nSPS) is 16.4. The number of nitrogens with zero attached hydrogens (tertiary/aromatic N) is 6. The lowest BCUT2D eigenvalue weighted by Crippen LogP contribution is -2.24. The fourth-order valence-corrected chi connectivity index (χ4v) is 3.76. The first-order valence-corrected chi connectivity index (χ1v) is 9.87. The molecule has 8 nitrogen and oxygen atoms in total. The Bertz CT molecular complexity index is 1140. The van der Waals surface area contributed by atoms with Crippen LogP contribution in [-0.4, -0.2) is 24.5 Å². The first-order valence-electron chi connectivity index (χ1n) is 9.87. The summed E-state index contributed by atoms with van der Waals surface area (Å²) in [5.41, 5.74) is 9.98. The van der Waals surface area contributed by atoms with Crippen molar-refractivity contribution in [3.8, 4) is 17.6 Å². The van der Waals surface area contributed by atoms with Gasteiger partial charge in [-0.25, -0.2) is 14.3 Å². The van der Waals surface area contributed by atoms with Crippen LogP contribution in [0, 0.1) is 11.3 Å². The number of fused-ring (bicyclic) bond motifs is 1. The molecular formula is C22H25N7O. The van der Waals surface area contributed by atoms with Crippen LogP contribution in [0.3, 0.4) is 0 Å². The summed E-state index contributed by atoms with van der Waals surface area (Å²) in [6, 6.07) is 10.2. The highest BCUT2D eigenvalue weighted by Crippen LogP contribution is 2.47. The molecule has 154 valence electrons. The summed E-state index contributed by atoms with van der Waals surface area (Å²) < 4.78 is 9.49. The van der Waals surface area contributed by atoms with Gasteiger partial charge in [-0.05, 0) is 31.5 Å². The smallest absolute Gasteiger partial charge is 0.224 e. The van der Waals surface area contributed by atoms with E-state index in [9.17, 15) is 5.26 Å². The molecule has 3 heterocycles. The molecule has 0 fully saturated rings. The Morgan fingerprint density at radius 1 is 1.20 bits per heavy atom. The number of nitriles is 1. The summed E-state index contributed by atoms with van der Waals surface area (Å²) in [5, 5.41) is 19.0. The zero-order valence-corrected chi connectivity index (χ0v) is 17.8. The first-order chi connectivity index (χ1) is 14.2. The molecule has 1 aromatic carbocycles. The van der Waals surface area contributed by atoms with Crippen LogP contribution in [0.25, 0.3) is 5.69 Å². The van der Waals surface area contributed by atoms with Crippen LogP contribution >= 0.6 is 0 Å². The van der Waals surface area contributed by atoms with Gasteiger partial charge in [0.25, 0.3) is 0 Å². The van der Waals surface area contributed by atoms with Crippen LogP contribution in [0.15, 0.2) is 48.4 Å². The van der Waals surface area contributed by atoms with E-state index in [1.807, 2.05) is 42.8 Å². The largest absolute Gasteiger partial charge is 0.422 e. The van der Waals surface area contributed by atoms with E-state index in [4.69, 9.17) is 15.6 Å². The van der Waals surface area contributed by atoms with E-state index in [0.29, 0.717) is 11.5 Å². The topological polar surface area (TPSA) is 108 Å². The Morgan fingerprint density at radius 3 is 2.43 bits per heavy atom. The van der Waals surface area contributed by atoms with Gasteiger partial charge in [-0.3, -0.25) is 0 Å². The molecule has 30 heavy (non-hydrogen) atoms. The van der Waals surface area contributed by atoms with E-state index in [-0.39, 0.29) is 23.3 Å². The number of hydrogen-bond donors (Lipinski definition) is 1. The first kappa shape index (κ1) is 19.7. The Kier molecular flexibility index (Phi) is 4.61. The highest BCUT2D eigenvalue weighted by molar-refractivity contribution is 5.57. The maximum absolute atomic E-state index is 9.92. The molecule has 0 saturated carbocycles. The van der Waals surface area contributed by atoms with E-state index < -0.39 is 0 Å². The second kappa shape index (κ2) is 7.02. The maximum Gasteiger partial charge on any atom is 0.224 e. The molecule has 1 aliphatic rings. The van der Waals surface area contributed by atoms with Gasteiger partial charge >= 0.3 is 0 Å². The fraction of sp³-hybridized carbons (Fsp3) is 0.364. The number of allylic oxidation sites excluding steroid dienone is 1. The van der Waals surface area contributed by atoms with Crippen molar-refractivity contribution in [1.29, 1.82) is 5.26 Å². The quantitative estimate of drug-likeness (QED) is 0.716. The maximum atomic E-state index is 9.92. The Balaban J connectivity index is 1.92. The third kappa shape index (κ3) is 3.12. The molecular weight excluding hydrogens is 378 g/mol. The van der Waals surface area contributed by atoms with Crippen molar-refractivity contribution >= 4 is 0 Å². The number of benzene rings is 1. The van der Waals surface area contributed by atoms with E-state index >= 15 is 0 Å². The van der Waals surface area contributed by atoms with Gasteiger partial charge in [0.1, 0.15) is 24.3 Å². The number of hydrogen-bond acceptors (Lipinski definition) is 6. The molecule has 2 aromatic heterocycles. The summed E-state index contributed by atoms with van der Waals surface area (Å²) in [4.78, 5) is 3.99. The van der Waals surface area contributed by atoms with Crippen molar-refractivity contribution < 1.29 is 4.74 Å². The van der Waals surface area contributed by atoms with Crippen molar-refractivity contribution in [1.82, 2.24) is 24.5 Å². The minimum Gasteiger partial charge on any atom is -0.422 e. The molecule has 4 rings (SSSR count). The van der Waals surface area contributed by atoms with Crippen LogP contribution in [0.5, 0.6) is 5.88 Å². The van der Waals surface area contributed by atoms with Gasteiger partial charge in [-0.1, -0.05) is 32.9 Å². The highest BCUT2D eigenvalue weighted by Gasteiger charge is 2.40. The molecule has 0 amide bonds. The van der Waals surface area contributed by atoms with Crippen LogP contribution < -0.4 is 10.5 Å². The number of rotatable bonds is 3. The van der Waals surface area contributed by atoms with E-state index in [2.05, 4.69) is 36.9 Å². The SMILES string of the molecule is CC(C)n1nc(C(C)(C)C)c2c1OC(N)=C(C#N)C2c1ccc(-n2cncn2)cc1. The van der Waals surface area contributed by atoms with Gasteiger partial charge in [0.2, 0.25) is 11.8 Å². The number of aromatic nitrogens is 5. The van der Waals surface area contributed by atoms with E-state index in [0.717, 1.165) is 22.5 Å². The zero-order valence-electron chi connectivity index (χ0n) is 17.8. The minimum absolute atomic E-state index is 0.0848. The monoisotopic (exact) mass is 403 g/mol. The average molecular weight is 403 g/mol. The molecule has 0 bridgehead atoms. The second-order valence-corrected chi connectivity index (χ2v) is 8.71. The van der Waals surface area contributed by atoms with Gasteiger partial charge in [0.05, 0.1) is 28.9 Å². The number of nitrogens with two attached hydrogens (primary N) is 1. The van der Waals surface area contributed by atoms with E-state index in [1.54, 1.807) is 11.0 Å². The lowest BCUT2D eigenvalue weighted by molar-refractivity contribution is 0.334. The molecule has 1 unspecified atom stereocenters. The molecule has 2 N–H and O–H groups in total. The van der Waals surface area contributed by atoms with Gasteiger partial charge in [0, 0.05) is 5.41 Å². The van der Waals surface area contributed by atoms with Crippen LogP contribution in [0.1, 0.15) is 63.4 Å². The molecule has 0 spiro atoms. The summed E-state index contributed by atoms with van der Waals surface area (Å²) in [6.45, 7) is 10.4. The molecule has 0 aliphatic carbocycles. The predicted octanol–water partition coefficient (Wildman–Crippen LogP) is 3.56. The summed E-state index contributed by atoms with van der Waals surface area (Å²) >= 11 is 0. The van der Waals surface area contributed by atoms with Crippen LogP contribution in [0.4, 0.5) is 0 Å². The third-order valence-electron chi connectivity index (χ3n) is 5.18. The van der Waals surface area contributed by atoms with Gasteiger partial charge in [-0.15, -0.1) is 0 Å². The molecule has 3 aromatic rings. The molecule has 1 atom stereocenters. The highest BCUT2D eigenvalue weighted by atomic mass is 16.5. The second-order valence-electron chi connectivity index (χ2n) is 8.71. The summed E-state index contributed by atoms with van der Waals surface area (Å²) in [7, 11) is 0.